The number of halogens is 1. The Morgan fingerprint density at radius 2 is 1.91 bits per heavy atom. The van der Waals surface area contributed by atoms with Gasteiger partial charge >= 0.3 is 0 Å². The highest BCUT2D eigenvalue weighted by atomic mass is 35.5. The average molecular weight is 474 g/mol. The minimum absolute atomic E-state index is 0.0464. The molecule has 1 N–H and O–H groups in total. The Morgan fingerprint density at radius 1 is 1.19 bits per heavy atom. The van der Waals surface area contributed by atoms with Gasteiger partial charge in [-0.1, -0.05) is 35.5 Å². The van der Waals surface area contributed by atoms with Gasteiger partial charge < -0.3 is 9.88 Å². The minimum Gasteiger partial charge on any atom is -0.342 e. The Kier molecular flexibility index (Phi) is 7.60. The topological polar surface area (TPSA) is 120 Å². The molecule has 11 heteroatoms. The van der Waals surface area contributed by atoms with Crippen LogP contribution in [0.15, 0.2) is 53.7 Å². The highest BCUT2D eigenvalue weighted by Crippen LogP contribution is 2.23. The van der Waals surface area contributed by atoms with Gasteiger partial charge in [0.2, 0.25) is 0 Å². The third kappa shape index (κ3) is 5.51. The fourth-order valence-corrected chi connectivity index (χ4v) is 4.01. The van der Waals surface area contributed by atoms with Crippen LogP contribution in [0.4, 0.5) is 5.69 Å². The molecule has 3 aromatic rings. The first-order chi connectivity index (χ1) is 15.3. The lowest BCUT2D eigenvalue weighted by molar-refractivity contribution is -0.384. The van der Waals surface area contributed by atoms with Crippen molar-refractivity contribution in [2.75, 3.05) is 5.75 Å². The van der Waals surface area contributed by atoms with Gasteiger partial charge in [0.25, 0.3) is 11.6 Å². The third-order valence-corrected chi connectivity index (χ3v) is 5.83. The molecule has 166 valence electrons. The number of non-ortho nitro benzene ring substituents is 1. The quantitative estimate of drug-likeness (QED) is 0.212. The summed E-state index contributed by atoms with van der Waals surface area (Å²) in [7, 11) is 0. The van der Waals surface area contributed by atoms with Crippen LogP contribution >= 0.6 is 23.4 Å². The monoisotopic (exact) mass is 473 g/mol. The molecule has 32 heavy (non-hydrogen) atoms. The van der Waals surface area contributed by atoms with E-state index >= 15 is 0 Å². The van der Waals surface area contributed by atoms with Gasteiger partial charge in [0.05, 0.1) is 16.7 Å². The zero-order valence-corrected chi connectivity index (χ0v) is 18.9. The second-order valence-corrected chi connectivity index (χ2v) is 8.19. The number of ketones is 1. The predicted octanol–water partition coefficient (Wildman–Crippen LogP) is 4.33. The largest absolute Gasteiger partial charge is 0.342 e. The fourth-order valence-electron chi connectivity index (χ4n) is 2.98. The number of benzene rings is 2. The van der Waals surface area contributed by atoms with Crippen LogP contribution in [-0.2, 0) is 6.54 Å². The molecule has 0 aliphatic heterocycles. The molecule has 0 aliphatic carbocycles. The van der Waals surface area contributed by atoms with E-state index in [1.165, 1.54) is 30.0 Å². The molecule has 0 spiro atoms. The molecule has 0 aliphatic rings. The number of carbonyl (C=O) groups is 2. The fraction of sp³-hybridized carbons (Fsp3) is 0.238. The molecule has 0 bridgehead atoms. The first-order valence-corrected chi connectivity index (χ1v) is 11.1. The number of Topliss-reactive ketones (excluding diaryl/α,β-unsaturated/α-hetero) is 1. The lowest BCUT2D eigenvalue weighted by Gasteiger charge is -2.15. The lowest BCUT2D eigenvalue weighted by atomic mass is 10.1. The van der Waals surface area contributed by atoms with Crippen molar-refractivity contribution < 1.29 is 14.5 Å². The first-order valence-electron chi connectivity index (χ1n) is 9.70. The van der Waals surface area contributed by atoms with E-state index in [0.717, 1.165) is 0 Å². The summed E-state index contributed by atoms with van der Waals surface area (Å²) in [5.74, 6) is 0.0788. The maximum absolute atomic E-state index is 12.5. The molecule has 0 fully saturated rings. The minimum atomic E-state index is -0.538. The summed E-state index contributed by atoms with van der Waals surface area (Å²) in [5, 5.41) is 23.2. The summed E-state index contributed by atoms with van der Waals surface area (Å²) in [6.45, 7) is 4.25. The molecule has 9 nitrogen and oxygen atoms in total. The molecule has 3 rings (SSSR count). The van der Waals surface area contributed by atoms with Gasteiger partial charge in [-0.25, -0.2) is 0 Å². The molecule has 1 aromatic heterocycles. The standard InChI is InChI=1S/C21H20ClN5O4S/c1-3-26-19(13(2)23-20(29)14-7-9-16(22)10-8-14)24-25-21(26)32-12-18(28)15-5-4-6-17(11-15)27(30)31/h4-11,13H,3,12H2,1-2H3,(H,23,29). The molecule has 1 heterocycles. The number of aromatic nitrogens is 3. The predicted molar refractivity (Wildman–Crippen MR) is 121 cm³/mol. The molecular weight excluding hydrogens is 454 g/mol. The van der Waals surface area contributed by atoms with E-state index in [9.17, 15) is 19.7 Å². The van der Waals surface area contributed by atoms with Crippen molar-refractivity contribution >= 4 is 40.7 Å². The van der Waals surface area contributed by atoms with Crippen LogP contribution in [0.25, 0.3) is 0 Å². The molecule has 1 unspecified atom stereocenters. The van der Waals surface area contributed by atoms with E-state index in [1.54, 1.807) is 37.3 Å². The van der Waals surface area contributed by atoms with Gasteiger partial charge in [-0.15, -0.1) is 10.2 Å². The van der Waals surface area contributed by atoms with Gasteiger partial charge in [-0.2, -0.15) is 0 Å². The zero-order chi connectivity index (χ0) is 23.3. The SMILES string of the molecule is CCn1c(SCC(=O)c2cccc([N+](=O)[O-])c2)nnc1C(C)NC(=O)c1ccc(Cl)cc1. The van der Waals surface area contributed by atoms with Crippen LogP contribution in [0.2, 0.25) is 5.02 Å². The van der Waals surface area contributed by atoms with Crippen LogP contribution in [0.1, 0.15) is 46.4 Å². The summed E-state index contributed by atoms with van der Waals surface area (Å²) in [6.07, 6.45) is 0. The summed E-state index contributed by atoms with van der Waals surface area (Å²) in [4.78, 5) is 35.4. The zero-order valence-electron chi connectivity index (χ0n) is 17.3. The smallest absolute Gasteiger partial charge is 0.270 e. The van der Waals surface area contributed by atoms with E-state index in [0.29, 0.717) is 28.1 Å². The number of hydrogen-bond donors (Lipinski definition) is 1. The average Bonchev–Trinajstić information content (AvgIpc) is 3.21. The van der Waals surface area contributed by atoms with E-state index < -0.39 is 11.0 Å². The molecule has 1 atom stereocenters. The van der Waals surface area contributed by atoms with Crippen LogP contribution in [-0.4, -0.2) is 37.1 Å². The molecule has 2 aromatic carbocycles. The van der Waals surface area contributed by atoms with E-state index in [2.05, 4.69) is 15.5 Å². The summed E-state index contributed by atoms with van der Waals surface area (Å²) in [6, 6.07) is 11.7. The number of thioether (sulfide) groups is 1. The Labute approximate surface area is 193 Å². The lowest BCUT2D eigenvalue weighted by Crippen LogP contribution is -2.28. The van der Waals surface area contributed by atoms with Crippen molar-refractivity contribution in [3.05, 3.63) is 80.6 Å². The van der Waals surface area contributed by atoms with Crippen molar-refractivity contribution in [1.29, 1.82) is 0 Å². The van der Waals surface area contributed by atoms with Crippen LogP contribution in [0.3, 0.4) is 0 Å². The number of nitro benzene ring substituents is 1. The molecular formula is C21H20ClN5O4S. The highest BCUT2D eigenvalue weighted by molar-refractivity contribution is 7.99. The number of rotatable bonds is 9. The number of carbonyl (C=O) groups excluding carboxylic acids is 2. The van der Waals surface area contributed by atoms with Crippen molar-refractivity contribution in [2.45, 2.75) is 31.6 Å². The van der Waals surface area contributed by atoms with E-state index in [1.807, 2.05) is 11.5 Å². The van der Waals surface area contributed by atoms with E-state index in [-0.39, 0.29) is 28.7 Å². The summed E-state index contributed by atoms with van der Waals surface area (Å²) >= 11 is 7.05. The first kappa shape index (κ1) is 23.4. The Hall–Kier alpha value is -3.24. The van der Waals surface area contributed by atoms with Crippen LogP contribution in [0.5, 0.6) is 0 Å². The maximum Gasteiger partial charge on any atom is 0.270 e. The van der Waals surface area contributed by atoms with Crippen molar-refractivity contribution in [3.63, 3.8) is 0 Å². The van der Waals surface area contributed by atoms with Gasteiger partial charge in [0.15, 0.2) is 16.8 Å². The Morgan fingerprint density at radius 3 is 2.56 bits per heavy atom. The number of nitrogens with zero attached hydrogens (tertiary/aromatic N) is 4. The summed E-state index contributed by atoms with van der Waals surface area (Å²) < 4.78 is 1.82. The molecule has 1 amide bonds. The maximum atomic E-state index is 12.5. The molecule has 0 saturated heterocycles. The number of nitro groups is 1. The Balaban J connectivity index is 1.68. The van der Waals surface area contributed by atoms with Crippen LogP contribution < -0.4 is 5.32 Å². The van der Waals surface area contributed by atoms with Crippen molar-refractivity contribution in [1.82, 2.24) is 20.1 Å². The normalized spacial score (nSPS) is 11.7. The van der Waals surface area contributed by atoms with Gasteiger partial charge in [-0.3, -0.25) is 19.7 Å². The second-order valence-electron chi connectivity index (χ2n) is 6.81. The van der Waals surface area contributed by atoms with Gasteiger partial charge in [0.1, 0.15) is 0 Å². The number of hydrogen-bond acceptors (Lipinski definition) is 7. The van der Waals surface area contributed by atoms with Gasteiger partial charge in [0, 0.05) is 34.8 Å². The third-order valence-electron chi connectivity index (χ3n) is 4.61. The summed E-state index contributed by atoms with van der Waals surface area (Å²) in [5.41, 5.74) is 0.601. The van der Waals surface area contributed by atoms with Crippen molar-refractivity contribution in [2.24, 2.45) is 0 Å². The van der Waals surface area contributed by atoms with E-state index in [4.69, 9.17) is 11.6 Å². The molecule has 0 saturated carbocycles. The number of nitrogens with one attached hydrogen (secondary N) is 1. The number of amides is 1. The van der Waals surface area contributed by atoms with Crippen LogP contribution in [0, 0.1) is 10.1 Å². The second kappa shape index (κ2) is 10.4. The van der Waals surface area contributed by atoms with Gasteiger partial charge in [-0.05, 0) is 38.1 Å². The molecule has 0 radical (unpaired) electrons. The highest BCUT2D eigenvalue weighted by Gasteiger charge is 2.21. The Bertz CT molecular complexity index is 1150. The van der Waals surface area contributed by atoms with Crippen molar-refractivity contribution in [3.8, 4) is 0 Å².